The summed E-state index contributed by atoms with van der Waals surface area (Å²) >= 11 is 0. The number of rotatable bonds is 10. The summed E-state index contributed by atoms with van der Waals surface area (Å²) in [5, 5.41) is 11.2. The second kappa shape index (κ2) is 10.8. The third-order valence-corrected chi connectivity index (χ3v) is 5.31. The Morgan fingerprint density at radius 2 is 1.85 bits per heavy atom. The minimum Gasteiger partial charge on any atom is -0.507 e. The summed E-state index contributed by atoms with van der Waals surface area (Å²) in [7, 11) is 3.80. The monoisotopic (exact) mass is 450 g/mol. The number of aliphatic hydroxyl groups excluding tert-OH is 1. The van der Waals surface area contributed by atoms with Crippen LogP contribution < -0.4 is 9.47 Å². The number of Topliss-reactive ketones (excluding diaryl/α,β-unsaturated/α-hetero) is 1. The average Bonchev–Trinajstić information content (AvgIpc) is 3.06. The maximum absolute atomic E-state index is 13.1. The Kier molecular flexibility index (Phi) is 7.90. The Bertz CT molecular complexity index is 1040. The molecule has 7 heteroatoms. The van der Waals surface area contributed by atoms with Gasteiger partial charge >= 0.3 is 0 Å². The molecule has 2 aromatic carbocycles. The van der Waals surface area contributed by atoms with Crippen LogP contribution in [0, 0.1) is 0 Å². The maximum atomic E-state index is 13.1. The van der Waals surface area contributed by atoms with E-state index in [1.165, 1.54) is 4.90 Å². The molecule has 3 rings (SSSR count). The molecule has 1 unspecified atom stereocenters. The number of ketones is 1. The van der Waals surface area contributed by atoms with E-state index in [1.807, 2.05) is 32.0 Å². The molecule has 1 N–H and O–H groups in total. The molecule has 0 bridgehead atoms. The summed E-state index contributed by atoms with van der Waals surface area (Å²) in [6.45, 7) is 7.30. The Morgan fingerprint density at radius 1 is 1.12 bits per heavy atom. The average molecular weight is 451 g/mol. The molecule has 7 nitrogen and oxygen atoms in total. The van der Waals surface area contributed by atoms with Gasteiger partial charge in [-0.2, -0.15) is 0 Å². The highest BCUT2D eigenvalue weighted by atomic mass is 16.5. The Labute approximate surface area is 194 Å². The normalized spacial score (nSPS) is 17.5. The molecular weight excluding hydrogens is 420 g/mol. The van der Waals surface area contributed by atoms with Gasteiger partial charge < -0.3 is 24.4 Å². The minimum atomic E-state index is -0.733. The lowest BCUT2D eigenvalue weighted by molar-refractivity contribution is -0.140. The molecule has 0 radical (unpaired) electrons. The van der Waals surface area contributed by atoms with E-state index in [2.05, 4.69) is 6.58 Å². The zero-order valence-electron chi connectivity index (χ0n) is 19.3. The Balaban J connectivity index is 2.09. The van der Waals surface area contributed by atoms with Gasteiger partial charge in [0.1, 0.15) is 23.9 Å². The number of carbonyl (C=O) groups is 2. The molecular formula is C26H30N2O5. The summed E-state index contributed by atoms with van der Waals surface area (Å²) in [4.78, 5) is 29.5. The van der Waals surface area contributed by atoms with E-state index < -0.39 is 17.7 Å². The van der Waals surface area contributed by atoms with Crippen molar-refractivity contribution in [2.24, 2.45) is 0 Å². The largest absolute Gasteiger partial charge is 0.507 e. The van der Waals surface area contributed by atoms with Crippen LogP contribution in [0.15, 0.2) is 66.8 Å². The highest BCUT2D eigenvalue weighted by Crippen LogP contribution is 2.40. The summed E-state index contributed by atoms with van der Waals surface area (Å²) in [6, 6.07) is 13.3. The van der Waals surface area contributed by atoms with Crippen molar-refractivity contribution in [3.05, 3.63) is 77.9 Å². The molecule has 2 aromatic rings. The van der Waals surface area contributed by atoms with Gasteiger partial charge in [0.15, 0.2) is 0 Å². The number of likely N-dealkylation sites (tertiary alicyclic amines) is 1. The molecule has 1 amide bonds. The maximum Gasteiger partial charge on any atom is 0.295 e. The number of amides is 1. The van der Waals surface area contributed by atoms with Crippen molar-refractivity contribution in [1.82, 2.24) is 9.80 Å². The predicted octanol–water partition coefficient (Wildman–Crippen LogP) is 3.63. The molecule has 1 aliphatic heterocycles. The van der Waals surface area contributed by atoms with Crippen molar-refractivity contribution < 1.29 is 24.2 Å². The number of aliphatic hydroxyl groups is 1. The molecule has 0 aromatic heterocycles. The van der Waals surface area contributed by atoms with Gasteiger partial charge in [0.2, 0.25) is 0 Å². The van der Waals surface area contributed by atoms with Crippen molar-refractivity contribution >= 4 is 17.4 Å². The lowest BCUT2D eigenvalue weighted by Crippen LogP contribution is -2.35. The van der Waals surface area contributed by atoms with E-state index in [0.717, 1.165) is 0 Å². The second-order valence-electron chi connectivity index (χ2n) is 7.93. The SMILES string of the molecule is C=CCOc1cccc(C2C(=C(O)c3ccc(OCC)cc3)C(=O)C(=O)N2CCN(C)C)c1. The summed E-state index contributed by atoms with van der Waals surface area (Å²) in [6.07, 6.45) is 1.64. The van der Waals surface area contributed by atoms with Crippen molar-refractivity contribution in [2.45, 2.75) is 13.0 Å². The van der Waals surface area contributed by atoms with Gasteiger partial charge in [-0.25, -0.2) is 0 Å². The Hall–Kier alpha value is -3.58. The van der Waals surface area contributed by atoms with Crippen molar-refractivity contribution in [3.8, 4) is 11.5 Å². The fourth-order valence-corrected chi connectivity index (χ4v) is 3.73. The van der Waals surface area contributed by atoms with Gasteiger partial charge in [-0.15, -0.1) is 0 Å². The minimum absolute atomic E-state index is 0.0591. The fraction of sp³-hybridized carbons (Fsp3) is 0.308. The third-order valence-electron chi connectivity index (χ3n) is 5.31. The van der Waals surface area contributed by atoms with E-state index in [0.29, 0.717) is 48.9 Å². The number of hydrogen-bond acceptors (Lipinski definition) is 6. The van der Waals surface area contributed by atoms with Crippen LogP contribution in [0.3, 0.4) is 0 Å². The van der Waals surface area contributed by atoms with Gasteiger partial charge in [0.25, 0.3) is 11.7 Å². The van der Waals surface area contributed by atoms with Crippen LogP contribution in [-0.2, 0) is 9.59 Å². The van der Waals surface area contributed by atoms with Crippen molar-refractivity contribution in [3.63, 3.8) is 0 Å². The van der Waals surface area contributed by atoms with Crippen LogP contribution in [0.1, 0.15) is 24.1 Å². The predicted molar refractivity (Wildman–Crippen MR) is 127 cm³/mol. The quantitative estimate of drug-likeness (QED) is 0.258. The molecule has 1 heterocycles. The molecule has 0 aliphatic carbocycles. The van der Waals surface area contributed by atoms with E-state index in [9.17, 15) is 14.7 Å². The van der Waals surface area contributed by atoms with E-state index in [4.69, 9.17) is 9.47 Å². The molecule has 0 spiro atoms. The van der Waals surface area contributed by atoms with Crippen LogP contribution in [0.4, 0.5) is 0 Å². The molecule has 33 heavy (non-hydrogen) atoms. The van der Waals surface area contributed by atoms with Gasteiger partial charge in [0.05, 0.1) is 18.2 Å². The van der Waals surface area contributed by atoms with Crippen LogP contribution in [0.25, 0.3) is 5.76 Å². The number of benzene rings is 2. The Morgan fingerprint density at radius 3 is 2.48 bits per heavy atom. The van der Waals surface area contributed by atoms with Crippen molar-refractivity contribution in [2.75, 3.05) is 40.4 Å². The smallest absolute Gasteiger partial charge is 0.295 e. The first-order valence-electron chi connectivity index (χ1n) is 10.9. The van der Waals surface area contributed by atoms with E-state index in [1.54, 1.807) is 48.5 Å². The van der Waals surface area contributed by atoms with Crippen LogP contribution in [0.5, 0.6) is 11.5 Å². The first-order valence-corrected chi connectivity index (χ1v) is 10.9. The van der Waals surface area contributed by atoms with Crippen LogP contribution in [0.2, 0.25) is 0 Å². The first kappa shape index (κ1) is 24.1. The molecule has 1 saturated heterocycles. The molecule has 1 atom stereocenters. The summed E-state index contributed by atoms with van der Waals surface area (Å²) in [5.74, 6) is -0.309. The number of carbonyl (C=O) groups excluding carboxylic acids is 2. The number of ether oxygens (including phenoxy) is 2. The number of hydrogen-bond donors (Lipinski definition) is 1. The third kappa shape index (κ3) is 5.43. The lowest BCUT2D eigenvalue weighted by atomic mass is 9.95. The van der Waals surface area contributed by atoms with E-state index >= 15 is 0 Å². The highest BCUT2D eigenvalue weighted by Gasteiger charge is 2.46. The first-order chi connectivity index (χ1) is 15.9. The van der Waals surface area contributed by atoms with Crippen LogP contribution >= 0.6 is 0 Å². The highest BCUT2D eigenvalue weighted by molar-refractivity contribution is 6.46. The second-order valence-corrected chi connectivity index (χ2v) is 7.93. The summed E-state index contributed by atoms with van der Waals surface area (Å²) in [5.41, 5.74) is 1.18. The van der Waals surface area contributed by atoms with Gasteiger partial charge in [-0.1, -0.05) is 24.8 Å². The fourth-order valence-electron chi connectivity index (χ4n) is 3.73. The van der Waals surface area contributed by atoms with Gasteiger partial charge in [-0.05, 0) is 63.0 Å². The molecule has 1 fully saturated rings. The molecule has 174 valence electrons. The van der Waals surface area contributed by atoms with Crippen molar-refractivity contribution in [1.29, 1.82) is 0 Å². The lowest BCUT2D eigenvalue weighted by Gasteiger charge is -2.27. The molecule has 0 saturated carbocycles. The topological polar surface area (TPSA) is 79.3 Å². The van der Waals surface area contributed by atoms with Crippen LogP contribution in [-0.4, -0.2) is 67.0 Å². The zero-order chi connectivity index (χ0) is 24.0. The zero-order valence-corrected chi connectivity index (χ0v) is 19.3. The number of likely N-dealkylation sites (N-methyl/N-ethyl adjacent to an activating group) is 1. The number of nitrogens with zero attached hydrogens (tertiary/aromatic N) is 2. The standard InChI is InChI=1S/C26H30N2O5/c1-5-16-33-21-9-7-8-19(17-21)23-22(25(30)26(31)28(23)15-14-27(3)4)24(29)18-10-12-20(13-11-18)32-6-2/h5,7-13,17,23,29H,1,6,14-16H2,2-4H3. The van der Waals surface area contributed by atoms with Gasteiger partial charge in [0, 0.05) is 18.7 Å². The summed E-state index contributed by atoms with van der Waals surface area (Å²) < 4.78 is 11.1. The van der Waals surface area contributed by atoms with Gasteiger partial charge in [-0.3, -0.25) is 9.59 Å². The van der Waals surface area contributed by atoms with E-state index in [-0.39, 0.29) is 11.3 Å². The molecule has 1 aliphatic rings.